The van der Waals surface area contributed by atoms with E-state index in [9.17, 15) is 4.79 Å². The van der Waals surface area contributed by atoms with Crippen molar-refractivity contribution >= 4 is 17.2 Å². The van der Waals surface area contributed by atoms with Gasteiger partial charge in [-0.3, -0.25) is 9.78 Å². The van der Waals surface area contributed by atoms with Gasteiger partial charge in [-0.15, -0.1) is 11.3 Å². The molecule has 0 N–H and O–H groups in total. The van der Waals surface area contributed by atoms with Crippen LogP contribution in [0.15, 0.2) is 42.0 Å². The molecular weight excluding hydrogens is 324 g/mol. The molecule has 2 saturated heterocycles. The number of fused-ring (bicyclic) bond motifs is 1. The highest BCUT2D eigenvalue weighted by atomic mass is 32.1. The molecule has 0 aliphatic carbocycles. The Morgan fingerprint density at radius 1 is 1.38 bits per heavy atom. The van der Waals surface area contributed by atoms with E-state index in [2.05, 4.69) is 4.98 Å². The van der Waals surface area contributed by atoms with Crippen LogP contribution in [0.2, 0.25) is 0 Å². The number of aromatic nitrogens is 1. The Morgan fingerprint density at radius 3 is 3.04 bits per heavy atom. The molecule has 6 heteroatoms. The van der Waals surface area contributed by atoms with Gasteiger partial charge in [-0.1, -0.05) is 6.07 Å². The van der Waals surface area contributed by atoms with E-state index in [0.717, 1.165) is 29.9 Å². The molecule has 2 aliphatic heterocycles. The summed E-state index contributed by atoms with van der Waals surface area (Å²) in [5, 5.41) is 1.94. The lowest BCUT2D eigenvalue weighted by Gasteiger charge is -2.32. The monoisotopic (exact) mass is 344 g/mol. The van der Waals surface area contributed by atoms with Gasteiger partial charge < -0.3 is 14.4 Å². The van der Waals surface area contributed by atoms with Crippen LogP contribution in [0, 0.1) is 0 Å². The number of carbonyl (C=O) groups excluding carboxylic acids is 1. The Kier molecular flexibility index (Phi) is 4.60. The van der Waals surface area contributed by atoms with E-state index in [-0.39, 0.29) is 24.2 Å². The lowest BCUT2D eigenvalue weighted by Crippen LogP contribution is -2.43. The van der Waals surface area contributed by atoms with Crippen LogP contribution in [-0.2, 0) is 16.1 Å². The Bertz CT molecular complexity index is 677. The number of hydrogen-bond donors (Lipinski definition) is 0. The van der Waals surface area contributed by atoms with Crippen molar-refractivity contribution in [3.8, 4) is 0 Å². The maximum Gasteiger partial charge on any atom is 0.264 e. The topological polar surface area (TPSA) is 51.7 Å². The minimum absolute atomic E-state index is 0.0236. The first-order valence-electron chi connectivity index (χ1n) is 8.29. The van der Waals surface area contributed by atoms with Crippen molar-refractivity contribution in [3.05, 3.63) is 52.5 Å². The lowest BCUT2D eigenvalue weighted by atomic mass is 10.0. The molecule has 0 unspecified atom stereocenters. The van der Waals surface area contributed by atoms with Gasteiger partial charge in [0.2, 0.25) is 0 Å². The molecule has 5 nitrogen and oxygen atoms in total. The minimum Gasteiger partial charge on any atom is -0.373 e. The molecule has 0 spiro atoms. The van der Waals surface area contributed by atoms with Gasteiger partial charge in [0.25, 0.3) is 5.91 Å². The molecule has 0 saturated carbocycles. The van der Waals surface area contributed by atoms with Crippen molar-refractivity contribution in [2.45, 2.75) is 37.7 Å². The summed E-state index contributed by atoms with van der Waals surface area (Å²) in [4.78, 5) is 19.6. The summed E-state index contributed by atoms with van der Waals surface area (Å²) in [6.07, 6.45) is 5.40. The van der Waals surface area contributed by atoms with Gasteiger partial charge in [-0.25, -0.2) is 0 Å². The maximum atomic E-state index is 12.8. The normalized spacial score (nSPS) is 26.3. The van der Waals surface area contributed by atoms with Crippen molar-refractivity contribution in [2.75, 3.05) is 13.2 Å². The van der Waals surface area contributed by atoms with Crippen LogP contribution in [0.3, 0.4) is 0 Å². The number of thiophene rings is 1. The van der Waals surface area contributed by atoms with Crippen molar-refractivity contribution < 1.29 is 14.3 Å². The Labute approximate surface area is 145 Å². The fourth-order valence-corrected chi connectivity index (χ4v) is 4.19. The average molecular weight is 344 g/mol. The number of carbonyl (C=O) groups is 1. The zero-order valence-electron chi connectivity index (χ0n) is 13.3. The highest BCUT2D eigenvalue weighted by molar-refractivity contribution is 7.12. The van der Waals surface area contributed by atoms with E-state index in [1.54, 1.807) is 12.4 Å². The Hall–Kier alpha value is -1.76. The smallest absolute Gasteiger partial charge is 0.264 e. The van der Waals surface area contributed by atoms with Gasteiger partial charge in [-0.2, -0.15) is 0 Å². The molecule has 24 heavy (non-hydrogen) atoms. The first-order valence-corrected chi connectivity index (χ1v) is 9.17. The molecule has 2 aromatic heterocycles. The molecule has 2 aliphatic rings. The quantitative estimate of drug-likeness (QED) is 0.856. The zero-order chi connectivity index (χ0) is 16.4. The molecule has 2 fully saturated rings. The third-order valence-corrected chi connectivity index (χ3v) is 5.54. The Morgan fingerprint density at radius 2 is 2.25 bits per heavy atom. The first kappa shape index (κ1) is 15.7. The van der Waals surface area contributed by atoms with Gasteiger partial charge in [-0.05, 0) is 42.0 Å². The lowest BCUT2D eigenvalue weighted by molar-refractivity contribution is -0.0809. The number of rotatable bonds is 4. The second-order valence-corrected chi connectivity index (χ2v) is 7.13. The number of likely N-dealkylation sites (tertiary alicyclic amines) is 1. The van der Waals surface area contributed by atoms with Crippen LogP contribution in [0.25, 0.3) is 0 Å². The predicted octanol–water partition coefficient (Wildman–Crippen LogP) is 2.73. The van der Waals surface area contributed by atoms with Crippen molar-refractivity contribution in [1.82, 2.24) is 9.88 Å². The van der Waals surface area contributed by atoms with Gasteiger partial charge >= 0.3 is 0 Å². The molecule has 126 valence electrons. The van der Waals surface area contributed by atoms with Crippen molar-refractivity contribution in [3.63, 3.8) is 0 Å². The molecular formula is C18H20N2O3S. The second-order valence-electron chi connectivity index (χ2n) is 6.18. The standard InChI is InChI=1S/C18H20N2O3S/c21-18(16-4-2-10-24-16)20-11-15(17-14(20)3-1-9-22-17)23-12-13-5-7-19-8-6-13/h2,4-8,10,14-15,17H,1,3,9,11-12H2/t14-,15+,17+/m1/s1. The van der Waals surface area contributed by atoms with E-state index < -0.39 is 0 Å². The fourth-order valence-electron chi connectivity index (χ4n) is 3.51. The number of pyridine rings is 1. The molecule has 4 heterocycles. The molecule has 4 rings (SSSR count). The van der Waals surface area contributed by atoms with Gasteiger partial charge in [0.05, 0.1) is 24.1 Å². The van der Waals surface area contributed by atoms with Crippen LogP contribution in [-0.4, -0.2) is 47.2 Å². The van der Waals surface area contributed by atoms with E-state index in [0.29, 0.717) is 13.2 Å². The number of amides is 1. The summed E-state index contributed by atoms with van der Waals surface area (Å²) in [7, 11) is 0. The van der Waals surface area contributed by atoms with Crippen LogP contribution in [0.5, 0.6) is 0 Å². The summed E-state index contributed by atoms with van der Waals surface area (Å²) < 4.78 is 12.1. The van der Waals surface area contributed by atoms with E-state index >= 15 is 0 Å². The predicted molar refractivity (Wildman–Crippen MR) is 90.9 cm³/mol. The Balaban J connectivity index is 1.48. The second kappa shape index (κ2) is 7.01. The SMILES string of the molecule is O=C(c1cccs1)N1C[C@H](OCc2ccncc2)[C@H]2OCCC[C@H]21. The largest absolute Gasteiger partial charge is 0.373 e. The van der Waals surface area contributed by atoms with Gasteiger partial charge in [0.15, 0.2) is 0 Å². The number of hydrogen-bond acceptors (Lipinski definition) is 5. The number of ether oxygens (including phenoxy) is 2. The third-order valence-electron chi connectivity index (χ3n) is 4.68. The number of nitrogens with zero attached hydrogens (tertiary/aromatic N) is 2. The summed E-state index contributed by atoms with van der Waals surface area (Å²) in [5.41, 5.74) is 1.08. The van der Waals surface area contributed by atoms with E-state index in [1.807, 2.05) is 34.5 Å². The zero-order valence-corrected chi connectivity index (χ0v) is 14.2. The fraction of sp³-hybridized carbons (Fsp3) is 0.444. The van der Waals surface area contributed by atoms with Crippen LogP contribution in [0.4, 0.5) is 0 Å². The van der Waals surface area contributed by atoms with Crippen LogP contribution in [0.1, 0.15) is 28.1 Å². The first-order chi connectivity index (χ1) is 11.8. The molecule has 3 atom stereocenters. The summed E-state index contributed by atoms with van der Waals surface area (Å²) in [6, 6.07) is 7.82. The molecule has 0 radical (unpaired) electrons. The van der Waals surface area contributed by atoms with E-state index in [4.69, 9.17) is 9.47 Å². The minimum atomic E-state index is -0.0765. The van der Waals surface area contributed by atoms with E-state index in [1.165, 1.54) is 11.3 Å². The van der Waals surface area contributed by atoms with Gasteiger partial charge in [0, 0.05) is 19.0 Å². The highest BCUT2D eigenvalue weighted by Crippen LogP contribution is 2.32. The van der Waals surface area contributed by atoms with Gasteiger partial charge in [0.1, 0.15) is 12.2 Å². The van der Waals surface area contributed by atoms with Crippen LogP contribution < -0.4 is 0 Å². The molecule has 2 aromatic rings. The van der Waals surface area contributed by atoms with Crippen molar-refractivity contribution in [2.24, 2.45) is 0 Å². The average Bonchev–Trinajstić information content (AvgIpc) is 3.29. The summed E-state index contributed by atoms with van der Waals surface area (Å²) in [5.74, 6) is 0.0977. The molecule has 1 amide bonds. The molecule has 0 bridgehead atoms. The van der Waals surface area contributed by atoms with Crippen molar-refractivity contribution in [1.29, 1.82) is 0 Å². The third kappa shape index (κ3) is 3.09. The summed E-state index contributed by atoms with van der Waals surface area (Å²) >= 11 is 1.49. The van der Waals surface area contributed by atoms with Crippen LogP contribution >= 0.6 is 11.3 Å². The maximum absolute atomic E-state index is 12.8. The highest BCUT2D eigenvalue weighted by Gasteiger charge is 2.46. The summed E-state index contributed by atoms with van der Waals surface area (Å²) in [6.45, 7) is 1.86. The molecule has 0 aromatic carbocycles.